The molecule has 13 heavy (non-hydrogen) atoms. The second kappa shape index (κ2) is 3.00. The van der Waals surface area contributed by atoms with Crippen LogP contribution in [0.25, 0.3) is 5.78 Å². The molecule has 0 saturated carbocycles. The Balaban J connectivity index is 2.75. The Kier molecular flexibility index (Phi) is 1.96. The SMILES string of the molecule is Cc1cc(C)n2cc(CCl)nc2n1. The van der Waals surface area contributed by atoms with Crippen LogP contribution in [0.2, 0.25) is 0 Å². The molecule has 2 rings (SSSR count). The van der Waals surface area contributed by atoms with Gasteiger partial charge in [0.2, 0.25) is 5.78 Å². The van der Waals surface area contributed by atoms with Gasteiger partial charge in [0.15, 0.2) is 0 Å². The molecule has 2 heterocycles. The highest BCUT2D eigenvalue weighted by Gasteiger charge is 2.03. The van der Waals surface area contributed by atoms with Crippen LogP contribution >= 0.6 is 11.6 Å². The van der Waals surface area contributed by atoms with Crippen LogP contribution in [-0.2, 0) is 5.88 Å². The predicted molar refractivity (Wildman–Crippen MR) is 52.0 cm³/mol. The molecule has 3 nitrogen and oxygen atoms in total. The molecule has 0 aliphatic heterocycles. The van der Waals surface area contributed by atoms with E-state index in [0.29, 0.717) is 5.88 Å². The molecule has 0 spiro atoms. The van der Waals surface area contributed by atoms with Crippen molar-refractivity contribution in [3.8, 4) is 0 Å². The number of rotatable bonds is 1. The minimum absolute atomic E-state index is 0.432. The molecule has 0 aliphatic rings. The number of halogens is 1. The first kappa shape index (κ1) is 8.51. The molecule has 0 fully saturated rings. The first-order valence-electron chi connectivity index (χ1n) is 4.09. The molecule has 0 atom stereocenters. The van der Waals surface area contributed by atoms with Gasteiger partial charge in [0.25, 0.3) is 0 Å². The van der Waals surface area contributed by atoms with Crippen molar-refractivity contribution >= 4 is 17.4 Å². The van der Waals surface area contributed by atoms with E-state index in [9.17, 15) is 0 Å². The Morgan fingerprint density at radius 1 is 1.38 bits per heavy atom. The van der Waals surface area contributed by atoms with Crippen molar-refractivity contribution in [2.24, 2.45) is 0 Å². The lowest BCUT2D eigenvalue weighted by molar-refractivity contribution is 1.01. The normalized spacial score (nSPS) is 11.0. The number of alkyl halides is 1. The highest BCUT2D eigenvalue weighted by Crippen LogP contribution is 2.09. The van der Waals surface area contributed by atoms with E-state index in [1.54, 1.807) is 0 Å². The van der Waals surface area contributed by atoms with Crippen LogP contribution in [0.1, 0.15) is 17.1 Å². The van der Waals surface area contributed by atoms with Crippen LogP contribution < -0.4 is 0 Å². The highest BCUT2D eigenvalue weighted by molar-refractivity contribution is 6.16. The van der Waals surface area contributed by atoms with Crippen LogP contribution in [0.3, 0.4) is 0 Å². The number of fused-ring (bicyclic) bond motifs is 1. The Morgan fingerprint density at radius 3 is 2.85 bits per heavy atom. The van der Waals surface area contributed by atoms with E-state index >= 15 is 0 Å². The average molecular weight is 196 g/mol. The van der Waals surface area contributed by atoms with Crippen molar-refractivity contribution in [2.45, 2.75) is 19.7 Å². The third-order valence-corrected chi connectivity index (χ3v) is 2.22. The van der Waals surface area contributed by atoms with Crippen LogP contribution in [-0.4, -0.2) is 14.4 Å². The third kappa shape index (κ3) is 1.40. The second-order valence-electron chi connectivity index (χ2n) is 3.07. The first-order valence-corrected chi connectivity index (χ1v) is 4.62. The molecule has 68 valence electrons. The second-order valence-corrected chi connectivity index (χ2v) is 3.34. The number of imidazole rings is 1. The van der Waals surface area contributed by atoms with Gasteiger partial charge in [0, 0.05) is 17.6 Å². The molecule has 0 radical (unpaired) electrons. The molecule has 0 amide bonds. The van der Waals surface area contributed by atoms with Gasteiger partial charge in [-0.25, -0.2) is 9.97 Å². The Bertz CT molecular complexity index is 447. The molecule has 0 N–H and O–H groups in total. The number of aryl methyl sites for hydroxylation is 2. The van der Waals surface area contributed by atoms with Crippen LogP contribution in [0.15, 0.2) is 12.3 Å². The number of nitrogens with zero attached hydrogens (tertiary/aromatic N) is 3. The van der Waals surface area contributed by atoms with Crippen LogP contribution in [0.4, 0.5) is 0 Å². The van der Waals surface area contributed by atoms with Gasteiger partial charge in [-0.2, -0.15) is 0 Å². The van der Waals surface area contributed by atoms with E-state index in [4.69, 9.17) is 11.6 Å². The molecular weight excluding hydrogens is 186 g/mol. The van der Waals surface area contributed by atoms with E-state index < -0.39 is 0 Å². The molecule has 0 aliphatic carbocycles. The summed E-state index contributed by atoms with van der Waals surface area (Å²) in [6.45, 7) is 3.99. The lowest BCUT2D eigenvalue weighted by Crippen LogP contribution is -1.94. The van der Waals surface area contributed by atoms with Gasteiger partial charge >= 0.3 is 0 Å². The Labute approximate surface area is 81.4 Å². The van der Waals surface area contributed by atoms with Gasteiger partial charge in [-0.3, -0.25) is 4.40 Å². The smallest absolute Gasteiger partial charge is 0.234 e. The molecule has 0 saturated heterocycles. The van der Waals surface area contributed by atoms with E-state index in [2.05, 4.69) is 9.97 Å². The summed E-state index contributed by atoms with van der Waals surface area (Å²) in [6.07, 6.45) is 1.92. The standard InChI is InChI=1S/C9H10ClN3/c1-6-3-7(2)13-5-8(4-10)12-9(13)11-6/h3,5H,4H2,1-2H3. The zero-order valence-electron chi connectivity index (χ0n) is 7.58. The largest absolute Gasteiger partial charge is 0.288 e. The van der Waals surface area contributed by atoms with Gasteiger partial charge in [-0.05, 0) is 19.9 Å². The van der Waals surface area contributed by atoms with Crippen molar-refractivity contribution in [3.05, 3.63) is 29.3 Å². The number of hydrogen-bond acceptors (Lipinski definition) is 2. The monoisotopic (exact) mass is 195 g/mol. The van der Waals surface area contributed by atoms with E-state index in [1.807, 2.05) is 30.5 Å². The van der Waals surface area contributed by atoms with Crippen molar-refractivity contribution < 1.29 is 0 Å². The van der Waals surface area contributed by atoms with E-state index in [1.165, 1.54) is 0 Å². The summed E-state index contributed by atoms with van der Waals surface area (Å²) < 4.78 is 1.95. The third-order valence-electron chi connectivity index (χ3n) is 1.95. The lowest BCUT2D eigenvalue weighted by atomic mass is 10.3. The summed E-state index contributed by atoms with van der Waals surface area (Å²) >= 11 is 5.69. The van der Waals surface area contributed by atoms with Crippen molar-refractivity contribution in [2.75, 3.05) is 0 Å². The fourth-order valence-electron chi connectivity index (χ4n) is 1.38. The van der Waals surface area contributed by atoms with Crippen LogP contribution in [0.5, 0.6) is 0 Å². The highest BCUT2D eigenvalue weighted by atomic mass is 35.5. The molecule has 2 aromatic rings. The maximum atomic E-state index is 5.69. The summed E-state index contributed by atoms with van der Waals surface area (Å²) in [4.78, 5) is 8.57. The number of hydrogen-bond donors (Lipinski definition) is 0. The predicted octanol–water partition coefficient (Wildman–Crippen LogP) is 2.08. The fourth-order valence-corrected chi connectivity index (χ4v) is 1.51. The maximum absolute atomic E-state index is 5.69. The maximum Gasteiger partial charge on any atom is 0.234 e. The molecule has 0 bridgehead atoms. The van der Waals surface area contributed by atoms with Crippen molar-refractivity contribution in [1.82, 2.24) is 14.4 Å². The fraction of sp³-hybridized carbons (Fsp3) is 0.333. The summed E-state index contributed by atoms with van der Waals surface area (Å²) in [5.74, 6) is 1.16. The van der Waals surface area contributed by atoms with E-state index in [-0.39, 0.29) is 0 Å². The molecule has 2 aromatic heterocycles. The van der Waals surface area contributed by atoms with Crippen LogP contribution in [0, 0.1) is 13.8 Å². The summed E-state index contributed by atoms with van der Waals surface area (Å²) in [5, 5.41) is 0. The zero-order valence-corrected chi connectivity index (χ0v) is 8.34. The number of aromatic nitrogens is 3. The summed E-state index contributed by atoms with van der Waals surface area (Å²) in [6, 6.07) is 2.02. The van der Waals surface area contributed by atoms with Gasteiger partial charge in [0.05, 0.1) is 11.6 Å². The van der Waals surface area contributed by atoms with Crippen molar-refractivity contribution in [1.29, 1.82) is 0 Å². The summed E-state index contributed by atoms with van der Waals surface area (Å²) in [5.41, 5.74) is 2.98. The molecule has 4 heteroatoms. The first-order chi connectivity index (χ1) is 6.20. The Hall–Kier alpha value is -1.09. The van der Waals surface area contributed by atoms with Crippen molar-refractivity contribution in [3.63, 3.8) is 0 Å². The van der Waals surface area contributed by atoms with Gasteiger partial charge in [0.1, 0.15) is 0 Å². The minimum atomic E-state index is 0.432. The summed E-state index contributed by atoms with van der Waals surface area (Å²) in [7, 11) is 0. The molecule has 0 unspecified atom stereocenters. The Morgan fingerprint density at radius 2 is 2.15 bits per heavy atom. The zero-order chi connectivity index (χ0) is 9.42. The van der Waals surface area contributed by atoms with Gasteiger partial charge in [-0.1, -0.05) is 0 Å². The minimum Gasteiger partial charge on any atom is -0.288 e. The lowest BCUT2D eigenvalue weighted by Gasteiger charge is -1.98. The molecular formula is C9H10ClN3. The molecule has 0 aromatic carbocycles. The average Bonchev–Trinajstić information content (AvgIpc) is 2.47. The quantitative estimate of drug-likeness (QED) is 0.653. The van der Waals surface area contributed by atoms with Gasteiger partial charge in [-0.15, -0.1) is 11.6 Å². The van der Waals surface area contributed by atoms with E-state index in [0.717, 1.165) is 22.9 Å². The van der Waals surface area contributed by atoms with Gasteiger partial charge < -0.3 is 0 Å². The topological polar surface area (TPSA) is 30.2 Å².